The first-order valence-corrected chi connectivity index (χ1v) is 7.40. The second-order valence-corrected chi connectivity index (χ2v) is 5.95. The third-order valence-corrected chi connectivity index (χ3v) is 3.97. The molecule has 0 spiro atoms. The summed E-state index contributed by atoms with van der Waals surface area (Å²) in [4.78, 5) is 4.49. The number of aromatic nitrogens is 3. The minimum atomic E-state index is -0.197. The lowest BCUT2D eigenvalue weighted by Crippen LogP contribution is -2.35. The molecule has 1 aliphatic rings. The van der Waals surface area contributed by atoms with E-state index in [2.05, 4.69) is 35.3 Å². The Labute approximate surface area is 119 Å². The van der Waals surface area contributed by atoms with Crippen LogP contribution in [0.1, 0.15) is 50.4 Å². The van der Waals surface area contributed by atoms with Gasteiger partial charge in [-0.05, 0) is 30.9 Å². The van der Waals surface area contributed by atoms with E-state index in [9.17, 15) is 5.11 Å². The van der Waals surface area contributed by atoms with E-state index in [0.717, 1.165) is 42.8 Å². The van der Waals surface area contributed by atoms with Crippen LogP contribution in [0.25, 0.3) is 5.65 Å². The van der Waals surface area contributed by atoms with Gasteiger partial charge < -0.3 is 10.4 Å². The maximum atomic E-state index is 9.81. The number of hydrogen-bond acceptors (Lipinski definition) is 4. The molecule has 20 heavy (non-hydrogen) atoms. The molecule has 5 nitrogen and oxygen atoms in total. The highest BCUT2D eigenvalue weighted by molar-refractivity contribution is 5.39. The van der Waals surface area contributed by atoms with Gasteiger partial charge >= 0.3 is 0 Å². The largest absolute Gasteiger partial charge is 0.392 e. The molecule has 0 amide bonds. The van der Waals surface area contributed by atoms with Crippen LogP contribution >= 0.6 is 0 Å². The van der Waals surface area contributed by atoms with Crippen LogP contribution in [-0.4, -0.2) is 31.9 Å². The van der Waals surface area contributed by atoms with E-state index in [-0.39, 0.29) is 12.1 Å². The van der Waals surface area contributed by atoms with Crippen LogP contribution in [0.3, 0.4) is 0 Å². The van der Waals surface area contributed by atoms with Gasteiger partial charge in [-0.1, -0.05) is 19.9 Å². The summed E-state index contributed by atoms with van der Waals surface area (Å²) in [6.07, 6.45) is 4.90. The van der Waals surface area contributed by atoms with Crippen molar-refractivity contribution < 1.29 is 5.11 Å². The fraction of sp³-hybridized carbons (Fsp3) is 0.600. The quantitative estimate of drug-likeness (QED) is 0.893. The predicted octanol–water partition coefficient (Wildman–Crippen LogP) is 1.86. The van der Waals surface area contributed by atoms with Crippen LogP contribution in [0, 0.1) is 0 Å². The lowest BCUT2D eigenvalue weighted by Gasteiger charge is -2.16. The highest BCUT2D eigenvalue weighted by Gasteiger charge is 2.24. The summed E-state index contributed by atoms with van der Waals surface area (Å²) < 4.78 is 1.84. The van der Waals surface area contributed by atoms with Gasteiger partial charge in [0.2, 0.25) is 0 Å². The van der Waals surface area contributed by atoms with Gasteiger partial charge in [-0.3, -0.25) is 0 Å². The van der Waals surface area contributed by atoms with E-state index >= 15 is 0 Å². The molecule has 0 aromatic carbocycles. The zero-order valence-corrected chi connectivity index (χ0v) is 12.1. The molecule has 0 saturated heterocycles. The first-order chi connectivity index (χ1) is 9.63. The summed E-state index contributed by atoms with van der Waals surface area (Å²) in [5, 5.41) is 17.7. The molecule has 5 heteroatoms. The molecule has 2 N–H and O–H groups in total. The van der Waals surface area contributed by atoms with Crippen LogP contribution < -0.4 is 5.32 Å². The van der Waals surface area contributed by atoms with Crippen molar-refractivity contribution in [2.24, 2.45) is 0 Å². The molecule has 0 bridgehead atoms. The molecule has 1 saturated carbocycles. The van der Waals surface area contributed by atoms with Crippen LogP contribution in [0.4, 0.5) is 0 Å². The van der Waals surface area contributed by atoms with Crippen LogP contribution in [-0.2, 0) is 6.54 Å². The lowest BCUT2D eigenvalue weighted by atomic mass is 10.2. The number of hydrogen-bond donors (Lipinski definition) is 2. The van der Waals surface area contributed by atoms with Gasteiger partial charge in [0.25, 0.3) is 0 Å². The lowest BCUT2D eigenvalue weighted by molar-refractivity contribution is 0.148. The third kappa shape index (κ3) is 2.69. The second kappa shape index (κ2) is 5.50. The number of aliphatic hydroxyl groups is 1. The molecule has 2 aromatic rings. The smallest absolute Gasteiger partial charge is 0.155 e. The van der Waals surface area contributed by atoms with Gasteiger partial charge in [0.1, 0.15) is 0 Å². The van der Waals surface area contributed by atoms with E-state index < -0.39 is 0 Å². The van der Waals surface area contributed by atoms with E-state index in [0.29, 0.717) is 5.92 Å². The normalized spacial score (nSPS) is 23.0. The molecule has 2 heterocycles. The van der Waals surface area contributed by atoms with Crippen molar-refractivity contribution in [3.05, 3.63) is 29.7 Å². The van der Waals surface area contributed by atoms with E-state index in [1.165, 1.54) is 0 Å². The van der Waals surface area contributed by atoms with Crippen molar-refractivity contribution >= 4 is 5.65 Å². The van der Waals surface area contributed by atoms with E-state index in [1.807, 2.05) is 16.8 Å². The summed E-state index contributed by atoms with van der Waals surface area (Å²) in [7, 11) is 0. The number of rotatable bonds is 4. The van der Waals surface area contributed by atoms with Crippen molar-refractivity contribution in [2.45, 2.75) is 57.7 Å². The van der Waals surface area contributed by atoms with E-state index in [1.54, 1.807) is 0 Å². The SMILES string of the molecule is CC(C)c1nc2ccc(CN[C@H]3CCC[C@@H]3O)cn2n1. The Morgan fingerprint density at radius 1 is 1.40 bits per heavy atom. The number of fused-ring (bicyclic) bond motifs is 1. The molecule has 0 radical (unpaired) electrons. The van der Waals surface area contributed by atoms with Gasteiger partial charge in [-0.2, -0.15) is 5.10 Å². The Kier molecular flexibility index (Phi) is 3.72. The third-order valence-electron chi connectivity index (χ3n) is 3.97. The Morgan fingerprint density at radius 2 is 2.25 bits per heavy atom. The van der Waals surface area contributed by atoms with Crippen LogP contribution in [0.2, 0.25) is 0 Å². The minimum Gasteiger partial charge on any atom is -0.392 e. The van der Waals surface area contributed by atoms with Crippen molar-refractivity contribution in [1.82, 2.24) is 19.9 Å². The molecular weight excluding hydrogens is 252 g/mol. The predicted molar refractivity (Wildman–Crippen MR) is 77.6 cm³/mol. The Hall–Kier alpha value is -1.46. The number of aliphatic hydroxyl groups excluding tert-OH is 1. The molecule has 2 aromatic heterocycles. The van der Waals surface area contributed by atoms with Gasteiger partial charge in [0, 0.05) is 24.7 Å². The van der Waals surface area contributed by atoms with Gasteiger partial charge in [0.05, 0.1) is 6.10 Å². The zero-order chi connectivity index (χ0) is 14.1. The molecule has 2 atom stereocenters. The number of nitrogens with zero attached hydrogens (tertiary/aromatic N) is 3. The van der Waals surface area contributed by atoms with Crippen molar-refractivity contribution in [3.8, 4) is 0 Å². The fourth-order valence-electron chi connectivity index (χ4n) is 2.72. The standard InChI is InChI=1S/C15H22N4O/c1-10(2)15-17-14-7-6-11(9-19(14)18-15)8-16-12-4-3-5-13(12)20/h6-7,9-10,12-13,16,20H,3-5,8H2,1-2H3/t12-,13-/m0/s1. The molecule has 0 aliphatic heterocycles. The average molecular weight is 274 g/mol. The van der Waals surface area contributed by atoms with Crippen LogP contribution in [0.5, 0.6) is 0 Å². The average Bonchev–Trinajstić information content (AvgIpc) is 3.01. The summed E-state index contributed by atoms with van der Waals surface area (Å²) in [5.74, 6) is 1.21. The molecule has 3 rings (SSSR count). The summed E-state index contributed by atoms with van der Waals surface area (Å²) in [6.45, 7) is 4.95. The Morgan fingerprint density at radius 3 is 2.95 bits per heavy atom. The molecule has 1 fully saturated rings. The Bertz CT molecular complexity index is 593. The molecule has 0 unspecified atom stereocenters. The zero-order valence-electron chi connectivity index (χ0n) is 12.1. The maximum absolute atomic E-state index is 9.81. The number of nitrogens with one attached hydrogen (secondary N) is 1. The highest BCUT2D eigenvalue weighted by atomic mass is 16.3. The van der Waals surface area contributed by atoms with Gasteiger partial charge in [0.15, 0.2) is 11.5 Å². The first kappa shape index (κ1) is 13.5. The summed E-state index contributed by atoms with van der Waals surface area (Å²) in [5.41, 5.74) is 2.05. The monoisotopic (exact) mass is 274 g/mol. The summed E-state index contributed by atoms with van der Waals surface area (Å²) in [6, 6.07) is 4.30. The highest BCUT2D eigenvalue weighted by Crippen LogP contribution is 2.19. The molecule has 108 valence electrons. The minimum absolute atomic E-state index is 0.197. The van der Waals surface area contributed by atoms with Crippen LogP contribution in [0.15, 0.2) is 18.3 Å². The van der Waals surface area contributed by atoms with Gasteiger partial charge in [-0.15, -0.1) is 0 Å². The topological polar surface area (TPSA) is 62.5 Å². The molecular formula is C15H22N4O. The summed E-state index contributed by atoms with van der Waals surface area (Å²) >= 11 is 0. The van der Waals surface area contributed by atoms with Crippen molar-refractivity contribution in [3.63, 3.8) is 0 Å². The van der Waals surface area contributed by atoms with Gasteiger partial charge in [-0.25, -0.2) is 9.50 Å². The number of pyridine rings is 1. The van der Waals surface area contributed by atoms with E-state index in [4.69, 9.17) is 0 Å². The maximum Gasteiger partial charge on any atom is 0.155 e. The van der Waals surface area contributed by atoms with Crippen molar-refractivity contribution in [1.29, 1.82) is 0 Å². The fourth-order valence-corrected chi connectivity index (χ4v) is 2.72. The second-order valence-electron chi connectivity index (χ2n) is 5.95. The Balaban J connectivity index is 1.72. The van der Waals surface area contributed by atoms with Crippen molar-refractivity contribution in [2.75, 3.05) is 0 Å². The first-order valence-electron chi connectivity index (χ1n) is 7.40. The molecule has 1 aliphatic carbocycles.